The van der Waals surface area contributed by atoms with Crippen molar-refractivity contribution in [2.24, 2.45) is 0 Å². The fourth-order valence-corrected chi connectivity index (χ4v) is 1.73. The Balaban J connectivity index is 2.58. The largest absolute Gasteiger partial charge is 0.235 e. The number of hydrogen-bond donors (Lipinski definition) is 0. The molecule has 0 saturated heterocycles. The van der Waals surface area contributed by atoms with E-state index in [1.54, 1.807) is 29.3 Å². The lowest BCUT2D eigenvalue weighted by Gasteiger charge is -2.02. The van der Waals surface area contributed by atoms with E-state index >= 15 is 0 Å². The predicted molar refractivity (Wildman–Crippen MR) is 61.5 cm³/mol. The number of nitriles is 1. The maximum atomic E-state index is 8.95. The van der Waals surface area contributed by atoms with E-state index in [0.717, 1.165) is 8.95 Å². The number of nitrogens with zero attached hydrogens (tertiary/aromatic N) is 4. The third-order valence-corrected chi connectivity index (χ3v) is 2.57. The highest BCUT2D eigenvalue weighted by molar-refractivity contribution is 9.10. The molecule has 2 heterocycles. The lowest BCUT2D eigenvalue weighted by atomic mass is 10.3. The molecule has 0 N–H and O–H groups in total. The van der Waals surface area contributed by atoms with Crippen molar-refractivity contribution in [3.63, 3.8) is 0 Å². The van der Waals surface area contributed by atoms with Crippen LogP contribution in [-0.4, -0.2) is 14.8 Å². The fraction of sp³-hybridized carbons (Fsp3) is 0. The van der Waals surface area contributed by atoms with Gasteiger partial charge in [-0.15, -0.1) is 0 Å². The molecule has 0 bridgehead atoms. The monoisotopic (exact) mass is 326 g/mol. The zero-order valence-corrected chi connectivity index (χ0v) is 10.5. The molecule has 0 amide bonds. The van der Waals surface area contributed by atoms with E-state index in [0.29, 0.717) is 11.4 Å². The maximum absolute atomic E-state index is 8.95. The average molecular weight is 328 g/mol. The summed E-state index contributed by atoms with van der Waals surface area (Å²) in [6.07, 6.45) is 5.02. The Morgan fingerprint density at radius 2 is 2.07 bits per heavy atom. The molecule has 0 saturated carbocycles. The molecule has 4 nitrogen and oxygen atoms in total. The molecule has 15 heavy (non-hydrogen) atoms. The third-order valence-electron chi connectivity index (χ3n) is 1.72. The summed E-state index contributed by atoms with van der Waals surface area (Å²) < 4.78 is 3.17. The summed E-state index contributed by atoms with van der Waals surface area (Å²) in [5, 5.41) is 13.0. The van der Waals surface area contributed by atoms with Gasteiger partial charge < -0.3 is 0 Å². The van der Waals surface area contributed by atoms with E-state index in [2.05, 4.69) is 48.0 Å². The van der Waals surface area contributed by atoms with E-state index in [-0.39, 0.29) is 0 Å². The number of hydrogen-bond acceptors (Lipinski definition) is 3. The normalized spacial score (nSPS) is 9.93. The van der Waals surface area contributed by atoms with Crippen LogP contribution in [0, 0.1) is 11.3 Å². The van der Waals surface area contributed by atoms with Gasteiger partial charge in [-0.05, 0) is 37.9 Å². The standard InChI is InChI=1S/C9H4Br2N4/c10-7-1-6(2-12)9(13-3-7)15-5-8(11)4-14-15/h1,3-5H. The molecular formula is C9H4Br2N4. The summed E-state index contributed by atoms with van der Waals surface area (Å²) in [7, 11) is 0. The van der Waals surface area contributed by atoms with Crippen molar-refractivity contribution in [1.29, 1.82) is 5.26 Å². The van der Waals surface area contributed by atoms with Crippen molar-refractivity contribution >= 4 is 31.9 Å². The number of pyridine rings is 1. The highest BCUT2D eigenvalue weighted by atomic mass is 79.9. The highest BCUT2D eigenvalue weighted by Gasteiger charge is 2.07. The van der Waals surface area contributed by atoms with Gasteiger partial charge in [0.2, 0.25) is 0 Å². The van der Waals surface area contributed by atoms with Gasteiger partial charge >= 0.3 is 0 Å². The van der Waals surface area contributed by atoms with Crippen molar-refractivity contribution in [3.05, 3.63) is 39.2 Å². The van der Waals surface area contributed by atoms with Crippen LogP contribution in [0.25, 0.3) is 5.82 Å². The minimum absolute atomic E-state index is 0.472. The Hall–Kier alpha value is -1.19. The Bertz CT molecular complexity index is 541. The van der Waals surface area contributed by atoms with Crippen molar-refractivity contribution in [2.45, 2.75) is 0 Å². The van der Waals surface area contributed by atoms with Gasteiger partial charge in [-0.25, -0.2) is 9.67 Å². The summed E-state index contributed by atoms with van der Waals surface area (Å²) in [5.74, 6) is 0.520. The van der Waals surface area contributed by atoms with E-state index in [1.165, 1.54) is 0 Å². The molecule has 0 aromatic carbocycles. The molecule has 0 radical (unpaired) electrons. The minimum Gasteiger partial charge on any atom is -0.235 e. The average Bonchev–Trinajstić information content (AvgIpc) is 2.64. The van der Waals surface area contributed by atoms with Crippen LogP contribution in [0.4, 0.5) is 0 Å². The SMILES string of the molecule is N#Cc1cc(Br)cnc1-n1cc(Br)cn1. The van der Waals surface area contributed by atoms with Crippen LogP contribution in [0.3, 0.4) is 0 Å². The smallest absolute Gasteiger partial charge is 0.171 e. The third kappa shape index (κ3) is 2.08. The fourth-order valence-electron chi connectivity index (χ4n) is 1.11. The number of aromatic nitrogens is 3. The lowest BCUT2D eigenvalue weighted by molar-refractivity contribution is 0.842. The molecule has 6 heteroatoms. The van der Waals surface area contributed by atoms with Crippen molar-refractivity contribution in [3.8, 4) is 11.9 Å². The number of halogens is 2. The van der Waals surface area contributed by atoms with Crippen molar-refractivity contribution in [1.82, 2.24) is 14.8 Å². The highest BCUT2D eigenvalue weighted by Crippen LogP contribution is 2.17. The van der Waals surface area contributed by atoms with Crippen LogP contribution in [-0.2, 0) is 0 Å². The number of rotatable bonds is 1. The van der Waals surface area contributed by atoms with Crippen LogP contribution < -0.4 is 0 Å². The molecule has 0 aliphatic heterocycles. The van der Waals surface area contributed by atoms with E-state index in [1.807, 2.05) is 0 Å². The summed E-state index contributed by atoms with van der Waals surface area (Å²) in [6, 6.07) is 3.78. The molecule has 0 aliphatic rings. The molecule has 0 aliphatic carbocycles. The Morgan fingerprint density at radius 1 is 1.27 bits per heavy atom. The zero-order valence-electron chi connectivity index (χ0n) is 7.35. The van der Waals surface area contributed by atoms with Gasteiger partial charge in [0.25, 0.3) is 0 Å². The molecule has 0 fully saturated rings. The van der Waals surface area contributed by atoms with Crippen LogP contribution in [0.5, 0.6) is 0 Å². The minimum atomic E-state index is 0.472. The molecular weight excluding hydrogens is 324 g/mol. The Labute approximate surface area is 103 Å². The summed E-state index contributed by atoms with van der Waals surface area (Å²) >= 11 is 6.55. The summed E-state index contributed by atoms with van der Waals surface area (Å²) in [4.78, 5) is 4.14. The van der Waals surface area contributed by atoms with Crippen LogP contribution in [0.1, 0.15) is 5.56 Å². The zero-order chi connectivity index (χ0) is 10.8. The first-order valence-corrected chi connectivity index (χ1v) is 5.55. The predicted octanol–water partition coefficient (Wildman–Crippen LogP) is 2.66. The molecule has 0 unspecified atom stereocenters. The topological polar surface area (TPSA) is 54.5 Å². The van der Waals surface area contributed by atoms with E-state index in [9.17, 15) is 0 Å². The molecule has 2 aromatic rings. The quantitative estimate of drug-likeness (QED) is 0.809. The molecule has 2 aromatic heterocycles. The second-order valence-electron chi connectivity index (χ2n) is 2.74. The van der Waals surface area contributed by atoms with E-state index in [4.69, 9.17) is 5.26 Å². The van der Waals surface area contributed by atoms with Crippen LogP contribution >= 0.6 is 31.9 Å². The molecule has 0 spiro atoms. The van der Waals surface area contributed by atoms with Gasteiger partial charge in [0.1, 0.15) is 6.07 Å². The van der Waals surface area contributed by atoms with Gasteiger partial charge in [-0.3, -0.25) is 0 Å². The van der Waals surface area contributed by atoms with Gasteiger partial charge in [-0.1, -0.05) is 0 Å². The van der Waals surface area contributed by atoms with Crippen molar-refractivity contribution in [2.75, 3.05) is 0 Å². The van der Waals surface area contributed by atoms with Gasteiger partial charge in [0.15, 0.2) is 5.82 Å². The first kappa shape index (κ1) is 10.3. The molecule has 0 atom stereocenters. The van der Waals surface area contributed by atoms with Gasteiger partial charge in [0.05, 0.1) is 16.2 Å². The first-order valence-electron chi connectivity index (χ1n) is 3.97. The first-order chi connectivity index (χ1) is 7.20. The lowest BCUT2D eigenvalue weighted by Crippen LogP contribution is -2.00. The van der Waals surface area contributed by atoms with Crippen LogP contribution in [0.2, 0.25) is 0 Å². The summed E-state index contributed by atoms with van der Waals surface area (Å²) in [6.45, 7) is 0. The maximum Gasteiger partial charge on any atom is 0.171 e. The second kappa shape index (κ2) is 4.13. The Kier molecular flexibility index (Phi) is 2.84. The van der Waals surface area contributed by atoms with E-state index < -0.39 is 0 Å². The summed E-state index contributed by atoms with van der Waals surface area (Å²) in [5.41, 5.74) is 0.472. The van der Waals surface area contributed by atoms with Gasteiger partial charge in [0, 0.05) is 16.9 Å². The van der Waals surface area contributed by atoms with Crippen molar-refractivity contribution < 1.29 is 0 Å². The van der Waals surface area contributed by atoms with Crippen LogP contribution in [0.15, 0.2) is 33.6 Å². The molecule has 74 valence electrons. The van der Waals surface area contributed by atoms with Gasteiger partial charge in [-0.2, -0.15) is 10.4 Å². The molecule has 2 rings (SSSR count). The second-order valence-corrected chi connectivity index (χ2v) is 4.57. The Morgan fingerprint density at radius 3 is 2.67 bits per heavy atom.